The number of halogens is 1. The largest absolute Gasteiger partial charge is 0.338 e. The molecule has 4 heterocycles. The van der Waals surface area contributed by atoms with Gasteiger partial charge in [-0.25, -0.2) is 9.37 Å². The highest BCUT2D eigenvalue weighted by atomic mass is 19.1. The molecule has 0 aliphatic rings. The van der Waals surface area contributed by atoms with Crippen LogP contribution in [0.5, 0.6) is 0 Å². The molecule has 0 spiro atoms. The minimum absolute atomic E-state index is 0.0660. The molecule has 4 aromatic heterocycles. The lowest BCUT2D eigenvalue weighted by molar-refractivity contribution is -0.115. The first kappa shape index (κ1) is 21.7. The maximum absolute atomic E-state index is 14.5. The third-order valence-electron chi connectivity index (χ3n) is 6.19. The van der Waals surface area contributed by atoms with Crippen molar-refractivity contribution in [2.45, 2.75) is 13.3 Å². The average Bonchev–Trinajstić information content (AvgIpc) is 3.52. The number of fused-ring (bicyclic) bond motifs is 2. The Hall–Kier alpha value is -4.85. The van der Waals surface area contributed by atoms with Crippen molar-refractivity contribution in [2.24, 2.45) is 0 Å². The average molecular weight is 477 g/mol. The lowest BCUT2D eigenvalue weighted by atomic mass is 10.0. The van der Waals surface area contributed by atoms with E-state index < -0.39 is 0 Å². The van der Waals surface area contributed by atoms with Crippen molar-refractivity contribution in [1.29, 1.82) is 0 Å². The van der Waals surface area contributed by atoms with Gasteiger partial charge < -0.3 is 10.3 Å². The van der Waals surface area contributed by atoms with E-state index in [0.29, 0.717) is 23.3 Å². The number of carbonyl (C=O) groups is 1. The van der Waals surface area contributed by atoms with Gasteiger partial charge in [0.05, 0.1) is 23.1 Å². The molecule has 36 heavy (non-hydrogen) atoms. The van der Waals surface area contributed by atoms with E-state index in [9.17, 15) is 9.18 Å². The van der Waals surface area contributed by atoms with Crippen molar-refractivity contribution in [1.82, 2.24) is 25.1 Å². The van der Waals surface area contributed by atoms with Crippen LogP contribution in [0.2, 0.25) is 0 Å². The van der Waals surface area contributed by atoms with Crippen LogP contribution in [0.4, 0.5) is 10.1 Å². The number of aromatic nitrogens is 5. The Bertz CT molecular complexity index is 1750. The minimum Gasteiger partial charge on any atom is -0.338 e. The van der Waals surface area contributed by atoms with Gasteiger partial charge in [-0.3, -0.25) is 14.9 Å². The van der Waals surface area contributed by atoms with Crippen LogP contribution in [0.15, 0.2) is 79.3 Å². The van der Waals surface area contributed by atoms with Crippen LogP contribution in [-0.2, 0) is 4.79 Å². The van der Waals surface area contributed by atoms with Crippen LogP contribution in [0.3, 0.4) is 0 Å². The molecule has 3 N–H and O–H groups in total. The number of nitrogens with zero attached hydrogens (tertiary/aromatic N) is 3. The first-order chi connectivity index (χ1) is 17.6. The van der Waals surface area contributed by atoms with E-state index in [-0.39, 0.29) is 11.7 Å². The smallest absolute Gasteiger partial charge is 0.224 e. The van der Waals surface area contributed by atoms with Crippen molar-refractivity contribution in [3.8, 4) is 33.6 Å². The predicted molar refractivity (Wildman–Crippen MR) is 139 cm³/mol. The molecule has 176 valence electrons. The summed E-state index contributed by atoms with van der Waals surface area (Å²) in [5.74, 6) is -0.350. The van der Waals surface area contributed by atoms with Gasteiger partial charge in [0.25, 0.3) is 0 Å². The number of pyridine rings is 2. The second kappa shape index (κ2) is 8.74. The summed E-state index contributed by atoms with van der Waals surface area (Å²) in [5.41, 5.74) is 6.77. The molecule has 2 aromatic carbocycles. The summed E-state index contributed by atoms with van der Waals surface area (Å²) in [4.78, 5) is 23.9. The standard InChI is InChI=1S/C28H21FN6O/c1-2-26(36)32-18-11-17(14-30-15-18)16-7-8-24-22(12-16)27(35-34-24)25-13-21-19(9-10-31-28(21)33-25)20-5-3-4-6-23(20)29/h3-15H,2H2,1H3,(H,31,33)(H,32,36)(H,34,35). The quantitative estimate of drug-likeness (QED) is 0.271. The van der Waals surface area contributed by atoms with Crippen LogP contribution in [0, 0.1) is 5.82 Å². The summed E-state index contributed by atoms with van der Waals surface area (Å²) in [6.07, 6.45) is 5.45. The number of anilines is 1. The van der Waals surface area contributed by atoms with E-state index in [2.05, 4.69) is 30.5 Å². The number of amides is 1. The number of benzene rings is 2. The van der Waals surface area contributed by atoms with Gasteiger partial charge in [-0.2, -0.15) is 5.10 Å². The lowest BCUT2D eigenvalue weighted by Gasteiger charge is -2.06. The second-order valence-electron chi connectivity index (χ2n) is 8.48. The summed E-state index contributed by atoms with van der Waals surface area (Å²) in [5, 5.41) is 12.2. The number of H-pyrrole nitrogens is 2. The van der Waals surface area contributed by atoms with E-state index >= 15 is 0 Å². The SMILES string of the molecule is CCC(=O)Nc1cncc(-c2ccc3[nH]nc(-c4cc5c(-c6ccccc6F)ccnc5[nH]4)c3c2)c1. The number of rotatable bonds is 5. The molecular formula is C28H21FN6O. The number of aromatic amines is 2. The first-order valence-electron chi connectivity index (χ1n) is 11.6. The summed E-state index contributed by atoms with van der Waals surface area (Å²) < 4.78 is 14.5. The highest BCUT2D eigenvalue weighted by molar-refractivity contribution is 6.01. The Labute approximate surface area is 205 Å². The van der Waals surface area contributed by atoms with E-state index in [0.717, 1.165) is 44.4 Å². The number of hydrogen-bond acceptors (Lipinski definition) is 4. The van der Waals surface area contributed by atoms with Crippen molar-refractivity contribution in [3.63, 3.8) is 0 Å². The molecule has 0 radical (unpaired) electrons. The Balaban J connectivity index is 1.44. The molecule has 0 saturated carbocycles. The van der Waals surface area contributed by atoms with E-state index in [1.165, 1.54) is 6.07 Å². The topological polar surface area (TPSA) is 99.3 Å². The van der Waals surface area contributed by atoms with Crippen LogP contribution < -0.4 is 5.32 Å². The van der Waals surface area contributed by atoms with Crippen LogP contribution in [-0.4, -0.2) is 31.1 Å². The molecule has 6 aromatic rings. The zero-order valence-electron chi connectivity index (χ0n) is 19.3. The fourth-order valence-corrected chi connectivity index (χ4v) is 4.38. The Morgan fingerprint density at radius 3 is 2.72 bits per heavy atom. The highest BCUT2D eigenvalue weighted by Crippen LogP contribution is 2.35. The summed E-state index contributed by atoms with van der Waals surface area (Å²) >= 11 is 0. The molecule has 0 atom stereocenters. The van der Waals surface area contributed by atoms with Crippen molar-refractivity contribution < 1.29 is 9.18 Å². The van der Waals surface area contributed by atoms with Gasteiger partial charge in [-0.15, -0.1) is 0 Å². The fourth-order valence-electron chi connectivity index (χ4n) is 4.38. The zero-order valence-corrected chi connectivity index (χ0v) is 19.3. The van der Waals surface area contributed by atoms with Crippen LogP contribution >= 0.6 is 0 Å². The molecule has 0 aliphatic heterocycles. The molecule has 8 heteroatoms. The van der Waals surface area contributed by atoms with Gasteiger partial charge in [0.2, 0.25) is 5.91 Å². The molecule has 0 fully saturated rings. The number of carbonyl (C=O) groups excluding carboxylic acids is 1. The molecule has 6 rings (SSSR count). The zero-order chi connectivity index (χ0) is 24.6. The number of hydrogen-bond donors (Lipinski definition) is 3. The molecule has 7 nitrogen and oxygen atoms in total. The second-order valence-corrected chi connectivity index (χ2v) is 8.48. The molecule has 0 unspecified atom stereocenters. The molecule has 0 bridgehead atoms. The van der Waals surface area contributed by atoms with Crippen molar-refractivity contribution >= 4 is 33.5 Å². The normalized spacial score (nSPS) is 11.3. The molecule has 0 saturated heterocycles. The molecule has 1 amide bonds. The Kier molecular flexibility index (Phi) is 5.26. The van der Waals surface area contributed by atoms with Gasteiger partial charge in [0.15, 0.2) is 0 Å². The highest BCUT2D eigenvalue weighted by Gasteiger charge is 2.16. The van der Waals surface area contributed by atoms with Gasteiger partial charge in [0, 0.05) is 40.7 Å². The fraction of sp³-hybridized carbons (Fsp3) is 0.0714. The van der Waals surface area contributed by atoms with Crippen LogP contribution in [0.25, 0.3) is 55.6 Å². The summed E-state index contributed by atoms with van der Waals surface area (Å²) in [7, 11) is 0. The maximum Gasteiger partial charge on any atom is 0.224 e. The Morgan fingerprint density at radius 2 is 1.86 bits per heavy atom. The monoisotopic (exact) mass is 476 g/mol. The van der Waals surface area contributed by atoms with Crippen molar-refractivity contribution in [2.75, 3.05) is 5.32 Å². The maximum atomic E-state index is 14.5. The molecular weight excluding hydrogens is 455 g/mol. The van der Waals surface area contributed by atoms with E-state index in [1.54, 1.807) is 37.6 Å². The minimum atomic E-state index is -0.284. The third kappa shape index (κ3) is 3.78. The first-order valence-corrected chi connectivity index (χ1v) is 11.6. The summed E-state index contributed by atoms with van der Waals surface area (Å²) in [6.45, 7) is 1.81. The van der Waals surface area contributed by atoms with Gasteiger partial charge in [-0.05, 0) is 47.5 Å². The van der Waals surface area contributed by atoms with Gasteiger partial charge in [0.1, 0.15) is 17.2 Å². The van der Waals surface area contributed by atoms with Crippen molar-refractivity contribution in [3.05, 3.63) is 85.1 Å². The number of nitrogens with one attached hydrogen (secondary N) is 3. The Morgan fingerprint density at radius 1 is 0.972 bits per heavy atom. The van der Waals surface area contributed by atoms with E-state index in [4.69, 9.17) is 0 Å². The van der Waals surface area contributed by atoms with Crippen LogP contribution in [0.1, 0.15) is 13.3 Å². The molecule has 0 aliphatic carbocycles. The third-order valence-corrected chi connectivity index (χ3v) is 6.19. The van der Waals surface area contributed by atoms with E-state index in [1.807, 2.05) is 42.5 Å². The lowest BCUT2D eigenvalue weighted by Crippen LogP contribution is -2.09. The van der Waals surface area contributed by atoms with Gasteiger partial charge in [-0.1, -0.05) is 31.2 Å². The predicted octanol–water partition coefficient (Wildman–Crippen LogP) is 6.32. The summed E-state index contributed by atoms with van der Waals surface area (Å²) in [6, 6.07) is 18.4. The van der Waals surface area contributed by atoms with Gasteiger partial charge >= 0.3 is 0 Å².